The van der Waals surface area contributed by atoms with Crippen molar-refractivity contribution in [1.82, 2.24) is 4.90 Å². The quantitative estimate of drug-likeness (QED) is 0.523. The number of rotatable bonds is 10. The minimum absolute atomic E-state index is 0.0538. The Morgan fingerprint density at radius 1 is 1.32 bits per heavy atom. The van der Waals surface area contributed by atoms with E-state index in [4.69, 9.17) is 9.47 Å². The summed E-state index contributed by atoms with van der Waals surface area (Å²) in [4.78, 5) is 24.6. The lowest BCUT2D eigenvalue weighted by Crippen LogP contribution is -2.49. The number of methoxy groups -OCH3 is 1. The Kier molecular flexibility index (Phi) is 7.42. The van der Waals surface area contributed by atoms with Gasteiger partial charge in [-0.1, -0.05) is 18.2 Å². The molecule has 28 heavy (non-hydrogen) atoms. The van der Waals surface area contributed by atoms with Gasteiger partial charge >= 0.3 is 12.1 Å². The van der Waals surface area contributed by atoms with Crippen LogP contribution in [0.5, 0.6) is 5.75 Å². The molecule has 8 nitrogen and oxygen atoms in total. The molecule has 1 aliphatic heterocycles. The number of ether oxygens (including phenoxy) is 2. The minimum atomic E-state index is -1.31. The van der Waals surface area contributed by atoms with E-state index in [2.05, 4.69) is 6.58 Å². The summed E-state index contributed by atoms with van der Waals surface area (Å²) in [7, 11) is 1.57. The van der Waals surface area contributed by atoms with Crippen LogP contribution in [0.25, 0.3) is 0 Å². The second-order valence-electron chi connectivity index (χ2n) is 6.88. The van der Waals surface area contributed by atoms with Gasteiger partial charge in [-0.25, -0.2) is 9.59 Å². The van der Waals surface area contributed by atoms with Gasteiger partial charge in [0.25, 0.3) is 0 Å². The molecule has 3 N–H and O–H groups in total. The Bertz CT molecular complexity index is 690. The topological polar surface area (TPSA) is 117 Å². The van der Waals surface area contributed by atoms with Crippen LogP contribution in [0, 0.1) is 5.41 Å². The number of aliphatic carboxylic acids is 1. The van der Waals surface area contributed by atoms with Crippen LogP contribution >= 0.6 is 0 Å². The van der Waals surface area contributed by atoms with Crippen molar-refractivity contribution in [1.29, 1.82) is 0 Å². The van der Waals surface area contributed by atoms with E-state index in [0.29, 0.717) is 18.6 Å². The maximum atomic E-state index is 12.0. The predicted octanol–water partition coefficient (Wildman–Crippen LogP) is 2.36. The number of aliphatic hydroxyl groups is 1. The lowest BCUT2D eigenvalue weighted by atomic mass is 9.71. The number of likely N-dealkylation sites (tertiary alicyclic amines) is 1. The van der Waals surface area contributed by atoms with E-state index >= 15 is 0 Å². The highest BCUT2D eigenvalue weighted by Gasteiger charge is 2.58. The molecule has 0 saturated carbocycles. The molecule has 0 spiro atoms. The number of hydrogen-bond acceptors (Lipinski definition) is 5. The molecule has 8 heteroatoms. The van der Waals surface area contributed by atoms with Gasteiger partial charge in [0, 0.05) is 12.0 Å². The van der Waals surface area contributed by atoms with Crippen molar-refractivity contribution in [2.45, 2.75) is 38.0 Å². The molecule has 1 heterocycles. The van der Waals surface area contributed by atoms with Crippen molar-refractivity contribution < 1.29 is 34.4 Å². The van der Waals surface area contributed by atoms with Crippen molar-refractivity contribution in [2.24, 2.45) is 5.41 Å². The number of nitrogens with zero attached hydrogens (tertiary/aromatic N) is 1. The van der Waals surface area contributed by atoms with Gasteiger partial charge in [0.15, 0.2) is 0 Å². The summed E-state index contributed by atoms with van der Waals surface area (Å²) in [5.41, 5.74) is -0.141. The maximum Gasteiger partial charge on any atom is 0.408 e. The highest BCUT2D eigenvalue weighted by Crippen LogP contribution is 2.46. The van der Waals surface area contributed by atoms with Crippen molar-refractivity contribution >= 4 is 12.1 Å². The van der Waals surface area contributed by atoms with E-state index in [-0.39, 0.29) is 26.2 Å². The van der Waals surface area contributed by atoms with Gasteiger partial charge in [0.05, 0.1) is 26.4 Å². The van der Waals surface area contributed by atoms with Crippen LogP contribution in [-0.2, 0) is 16.1 Å². The highest BCUT2D eigenvalue weighted by molar-refractivity contribution is 5.81. The van der Waals surface area contributed by atoms with E-state index in [1.807, 2.05) is 12.1 Å². The molecule has 2 rings (SSSR count). The SMILES string of the molecule is C=CC[C@]1(CCCO)C(OCc2ccc(OC)cc2)CN(C(=O)O)[C@@H]1C(=O)O. The number of allylic oxidation sites excluding steroid dienone is 1. The number of benzene rings is 1. The molecular formula is C20H27NO7. The van der Waals surface area contributed by atoms with E-state index in [1.165, 1.54) is 0 Å². The number of hydrogen-bond donors (Lipinski definition) is 3. The number of carboxylic acids is 1. The molecule has 1 aliphatic rings. The summed E-state index contributed by atoms with van der Waals surface area (Å²) in [5.74, 6) is -0.519. The maximum absolute atomic E-state index is 12.0. The normalized spacial score (nSPS) is 24.1. The summed E-state index contributed by atoms with van der Waals surface area (Å²) in [5, 5.41) is 28.6. The first-order valence-corrected chi connectivity index (χ1v) is 9.08. The first kappa shape index (κ1) is 21.7. The van der Waals surface area contributed by atoms with Crippen LogP contribution in [0.15, 0.2) is 36.9 Å². The van der Waals surface area contributed by atoms with Crippen molar-refractivity contribution in [3.05, 3.63) is 42.5 Å². The van der Waals surface area contributed by atoms with Gasteiger partial charge in [0.2, 0.25) is 0 Å². The Hall–Kier alpha value is -2.58. The van der Waals surface area contributed by atoms with Crippen molar-refractivity contribution in [2.75, 3.05) is 20.3 Å². The zero-order valence-corrected chi connectivity index (χ0v) is 15.9. The van der Waals surface area contributed by atoms with E-state index in [1.54, 1.807) is 25.3 Å². The highest BCUT2D eigenvalue weighted by atomic mass is 16.5. The monoisotopic (exact) mass is 393 g/mol. The largest absolute Gasteiger partial charge is 0.497 e. The van der Waals surface area contributed by atoms with Gasteiger partial charge in [-0.05, 0) is 37.0 Å². The summed E-state index contributed by atoms with van der Waals surface area (Å²) in [6, 6.07) is 5.98. The summed E-state index contributed by atoms with van der Waals surface area (Å²) in [6.07, 6.45) is 0.553. The molecule has 1 aromatic rings. The Labute approximate surface area is 164 Å². The van der Waals surface area contributed by atoms with Crippen LogP contribution < -0.4 is 4.74 Å². The lowest BCUT2D eigenvalue weighted by molar-refractivity contribution is -0.147. The van der Waals surface area contributed by atoms with E-state index < -0.39 is 29.6 Å². The first-order chi connectivity index (χ1) is 13.4. The van der Waals surface area contributed by atoms with Gasteiger partial charge in [0.1, 0.15) is 11.8 Å². The second kappa shape index (κ2) is 9.57. The van der Waals surface area contributed by atoms with Gasteiger partial charge in [-0.2, -0.15) is 0 Å². The lowest BCUT2D eigenvalue weighted by Gasteiger charge is -2.37. The average molecular weight is 393 g/mol. The third kappa shape index (κ3) is 4.45. The van der Waals surface area contributed by atoms with Crippen molar-refractivity contribution in [3.8, 4) is 5.75 Å². The molecule has 1 fully saturated rings. The fraction of sp³-hybridized carbons (Fsp3) is 0.500. The van der Waals surface area contributed by atoms with Gasteiger partial charge < -0.3 is 24.8 Å². The van der Waals surface area contributed by atoms with Crippen LogP contribution in [0.4, 0.5) is 4.79 Å². The third-order valence-corrected chi connectivity index (χ3v) is 5.27. The van der Waals surface area contributed by atoms with Crippen LogP contribution in [-0.4, -0.2) is 64.7 Å². The second-order valence-corrected chi connectivity index (χ2v) is 6.88. The number of carboxylic acid groups (broad SMARTS) is 2. The Balaban J connectivity index is 2.31. The van der Waals surface area contributed by atoms with Crippen LogP contribution in [0.2, 0.25) is 0 Å². The molecular weight excluding hydrogens is 366 g/mol. The Morgan fingerprint density at radius 3 is 2.50 bits per heavy atom. The minimum Gasteiger partial charge on any atom is -0.497 e. The molecule has 0 aromatic heterocycles. The van der Waals surface area contributed by atoms with Crippen molar-refractivity contribution in [3.63, 3.8) is 0 Å². The molecule has 3 atom stereocenters. The molecule has 1 amide bonds. The molecule has 154 valence electrons. The average Bonchev–Trinajstić information content (AvgIpc) is 3.00. The smallest absolute Gasteiger partial charge is 0.408 e. The standard InChI is InChI=1S/C20H27NO7/c1-3-9-20(10-4-11-22)16(12-21(19(25)26)17(20)18(23)24)28-13-14-5-7-15(27-2)8-6-14/h3,5-8,16-17,22H,1,4,9-13H2,2H3,(H,23,24)(H,25,26)/t16?,17-,20+/m1/s1. The molecule has 0 radical (unpaired) electrons. The first-order valence-electron chi connectivity index (χ1n) is 9.08. The summed E-state index contributed by atoms with van der Waals surface area (Å²) in [6.45, 7) is 3.75. The fourth-order valence-electron chi connectivity index (χ4n) is 3.98. The molecule has 1 aromatic carbocycles. The van der Waals surface area contributed by atoms with Gasteiger partial charge in [-0.3, -0.25) is 4.90 Å². The number of aliphatic hydroxyl groups excluding tert-OH is 1. The molecule has 1 saturated heterocycles. The van der Waals surface area contributed by atoms with Crippen LogP contribution in [0.3, 0.4) is 0 Å². The van der Waals surface area contributed by atoms with E-state index in [9.17, 15) is 24.9 Å². The Morgan fingerprint density at radius 2 is 2.00 bits per heavy atom. The predicted molar refractivity (Wildman–Crippen MR) is 101 cm³/mol. The fourth-order valence-corrected chi connectivity index (χ4v) is 3.98. The number of amides is 1. The summed E-state index contributed by atoms with van der Waals surface area (Å²) < 4.78 is 11.2. The summed E-state index contributed by atoms with van der Waals surface area (Å²) >= 11 is 0. The van der Waals surface area contributed by atoms with Crippen LogP contribution in [0.1, 0.15) is 24.8 Å². The molecule has 0 aliphatic carbocycles. The number of carbonyl (C=O) groups is 2. The third-order valence-electron chi connectivity index (χ3n) is 5.27. The van der Waals surface area contributed by atoms with E-state index in [0.717, 1.165) is 10.5 Å². The van der Waals surface area contributed by atoms with Gasteiger partial charge in [-0.15, -0.1) is 6.58 Å². The molecule has 0 bridgehead atoms. The zero-order chi connectivity index (χ0) is 20.7. The molecule has 1 unspecified atom stereocenters. The zero-order valence-electron chi connectivity index (χ0n) is 15.9.